The van der Waals surface area contributed by atoms with Gasteiger partial charge in [0.15, 0.2) is 0 Å². The fourth-order valence-corrected chi connectivity index (χ4v) is 4.70. The van der Waals surface area contributed by atoms with Crippen LogP contribution in [0, 0.1) is 11.8 Å². The Balaban J connectivity index is 1.67. The number of carbonyl (C=O) groups excluding carboxylic acids is 1. The van der Waals surface area contributed by atoms with E-state index in [1.54, 1.807) is 0 Å². The molecule has 0 aromatic rings. The molecule has 6 heteroatoms. The Morgan fingerprint density at radius 2 is 2.09 bits per heavy atom. The van der Waals surface area contributed by atoms with Crippen molar-refractivity contribution in [1.82, 2.24) is 10.2 Å². The second-order valence-corrected chi connectivity index (χ2v) is 7.74. The molecule has 0 unspecified atom stereocenters. The van der Waals surface area contributed by atoms with E-state index >= 15 is 0 Å². The lowest BCUT2D eigenvalue weighted by atomic mass is 9.81. The highest BCUT2D eigenvalue weighted by Crippen LogP contribution is 2.55. The molecule has 2 saturated carbocycles. The van der Waals surface area contributed by atoms with Gasteiger partial charge in [0.05, 0.1) is 30.7 Å². The van der Waals surface area contributed by atoms with Gasteiger partial charge in [-0.15, -0.1) is 0 Å². The molecule has 3 fully saturated rings. The Morgan fingerprint density at radius 3 is 2.68 bits per heavy atom. The number of aliphatic carboxylic acids is 1. The molecule has 2 N–H and O–H groups in total. The summed E-state index contributed by atoms with van der Waals surface area (Å²) >= 11 is 0. The molecule has 0 radical (unpaired) electrons. The smallest absolute Gasteiger partial charge is 0.317 e. The van der Waals surface area contributed by atoms with E-state index in [1.807, 2.05) is 18.7 Å². The van der Waals surface area contributed by atoms with Gasteiger partial charge in [-0.1, -0.05) is 0 Å². The lowest BCUT2D eigenvalue weighted by molar-refractivity contribution is -0.208. The maximum atomic E-state index is 12.4. The van der Waals surface area contributed by atoms with E-state index in [0.29, 0.717) is 19.0 Å². The molecule has 3 rings (SSSR count). The number of fused-ring (bicyclic) bond motifs is 3. The number of carboxylic acid groups (broad SMARTS) is 1. The number of amides is 2. The highest BCUT2D eigenvalue weighted by atomic mass is 16.5. The first-order valence-electron chi connectivity index (χ1n) is 8.24. The van der Waals surface area contributed by atoms with Crippen molar-refractivity contribution in [3.8, 4) is 0 Å². The predicted octanol–water partition coefficient (Wildman–Crippen LogP) is 1.84. The minimum absolute atomic E-state index is 0.0463. The van der Waals surface area contributed by atoms with Crippen LogP contribution in [0.25, 0.3) is 0 Å². The third-order valence-electron chi connectivity index (χ3n) is 5.33. The van der Waals surface area contributed by atoms with Gasteiger partial charge in [0.1, 0.15) is 0 Å². The van der Waals surface area contributed by atoms with Gasteiger partial charge in [0, 0.05) is 6.54 Å². The molecule has 124 valence electrons. The first kappa shape index (κ1) is 15.6. The lowest BCUT2D eigenvalue weighted by Gasteiger charge is -2.52. The van der Waals surface area contributed by atoms with Crippen molar-refractivity contribution in [2.24, 2.45) is 11.8 Å². The zero-order chi connectivity index (χ0) is 16.0. The minimum atomic E-state index is -0.896. The number of carbonyl (C=O) groups is 2. The van der Waals surface area contributed by atoms with E-state index in [1.165, 1.54) is 19.3 Å². The highest BCUT2D eigenvalue weighted by Gasteiger charge is 2.57. The summed E-state index contributed by atoms with van der Waals surface area (Å²) in [5, 5.41) is 11.4. The van der Waals surface area contributed by atoms with Crippen molar-refractivity contribution in [3.63, 3.8) is 0 Å². The van der Waals surface area contributed by atoms with Gasteiger partial charge in [0.25, 0.3) is 0 Å². The summed E-state index contributed by atoms with van der Waals surface area (Å²) in [6.45, 7) is 5.43. The second kappa shape index (κ2) is 5.41. The molecule has 2 aliphatic carbocycles. The summed E-state index contributed by atoms with van der Waals surface area (Å²) in [7, 11) is 0. The van der Waals surface area contributed by atoms with Crippen LogP contribution in [0.4, 0.5) is 4.79 Å². The van der Waals surface area contributed by atoms with Crippen molar-refractivity contribution < 1.29 is 19.4 Å². The molecule has 0 aromatic carbocycles. The highest BCUT2D eigenvalue weighted by molar-refractivity contribution is 5.75. The number of morpholine rings is 1. The SMILES string of the molecule is CC1(C)CN(C(=O)NCCC(=O)O)C[C@]2(C[C@@H]3CC[C@H]2C3)O1. The number of nitrogens with one attached hydrogen (secondary N) is 1. The Labute approximate surface area is 131 Å². The molecule has 3 aliphatic rings. The first-order chi connectivity index (χ1) is 10.3. The van der Waals surface area contributed by atoms with Crippen molar-refractivity contribution in [2.45, 2.75) is 57.2 Å². The van der Waals surface area contributed by atoms with Crippen LogP contribution in [0.3, 0.4) is 0 Å². The summed E-state index contributed by atoms with van der Waals surface area (Å²) in [5.74, 6) is 0.411. The van der Waals surface area contributed by atoms with Gasteiger partial charge in [0.2, 0.25) is 0 Å². The molecule has 1 aliphatic heterocycles. The maximum absolute atomic E-state index is 12.4. The van der Waals surface area contributed by atoms with Crippen LogP contribution in [0.1, 0.15) is 46.0 Å². The largest absolute Gasteiger partial charge is 0.481 e. The zero-order valence-corrected chi connectivity index (χ0v) is 13.4. The Bertz CT molecular complexity index is 479. The normalized spacial score (nSPS) is 35.8. The molecule has 2 amide bonds. The summed E-state index contributed by atoms with van der Waals surface area (Å²) in [4.78, 5) is 24.8. The molecule has 6 nitrogen and oxygen atoms in total. The topological polar surface area (TPSA) is 78.9 Å². The Hall–Kier alpha value is -1.30. The number of nitrogens with zero attached hydrogens (tertiary/aromatic N) is 1. The summed E-state index contributed by atoms with van der Waals surface area (Å²) in [6, 6.07) is -0.167. The van der Waals surface area contributed by atoms with Gasteiger partial charge < -0.3 is 20.1 Å². The van der Waals surface area contributed by atoms with Crippen LogP contribution in [0.5, 0.6) is 0 Å². The van der Waals surface area contributed by atoms with Gasteiger partial charge in [-0.05, 0) is 51.4 Å². The lowest BCUT2D eigenvalue weighted by Crippen LogP contribution is -2.64. The van der Waals surface area contributed by atoms with Gasteiger partial charge in [-0.2, -0.15) is 0 Å². The van der Waals surface area contributed by atoms with E-state index in [0.717, 1.165) is 12.3 Å². The Kier molecular flexibility index (Phi) is 3.83. The number of ether oxygens (including phenoxy) is 1. The van der Waals surface area contributed by atoms with E-state index in [4.69, 9.17) is 9.84 Å². The monoisotopic (exact) mass is 310 g/mol. The average Bonchev–Trinajstić information content (AvgIpc) is 2.96. The van der Waals surface area contributed by atoms with Crippen molar-refractivity contribution in [1.29, 1.82) is 0 Å². The van der Waals surface area contributed by atoms with Gasteiger partial charge in [-0.3, -0.25) is 4.79 Å². The molecule has 3 atom stereocenters. The van der Waals surface area contributed by atoms with Gasteiger partial charge in [-0.25, -0.2) is 4.79 Å². The van der Waals surface area contributed by atoms with Crippen LogP contribution in [0.2, 0.25) is 0 Å². The van der Waals surface area contributed by atoms with E-state index in [-0.39, 0.29) is 30.2 Å². The van der Waals surface area contributed by atoms with E-state index in [2.05, 4.69) is 5.32 Å². The number of hydrogen-bond donors (Lipinski definition) is 2. The summed E-state index contributed by atoms with van der Waals surface area (Å²) < 4.78 is 6.46. The molecular formula is C16H26N2O4. The van der Waals surface area contributed by atoms with Crippen LogP contribution in [-0.2, 0) is 9.53 Å². The van der Waals surface area contributed by atoms with Crippen molar-refractivity contribution >= 4 is 12.0 Å². The molecule has 1 spiro atoms. The standard InChI is InChI=1S/C16H26N2O4/c1-15(2)9-18(14(21)17-6-5-13(19)20)10-16(22-15)8-11-3-4-12(16)7-11/h11-12H,3-10H2,1-2H3,(H,17,21)(H,19,20)/t11-,12+,16+/m1/s1. The fourth-order valence-electron chi connectivity index (χ4n) is 4.70. The number of carboxylic acids is 1. The number of rotatable bonds is 3. The van der Waals surface area contributed by atoms with Crippen molar-refractivity contribution in [3.05, 3.63) is 0 Å². The molecule has 1 heterocycles. The molecule has 22 heavy (non-hydrogen) atoms. The van der Waals surface area contributed by atoms with E-state index in [9.17, 15) is 9.59 Å². The number of hydrogen-bond acceptors (Lipinski definition) is 3. The van der Waals surface area contributed by atoms with Gasteiger partial charge >= 0.3 is 12.0 Å². The molecule has 2 bridgehead atoms. The van der Waals surface area contributed by atoms with Crippen LogP contribution < -0.4 is 5.32 Å². The summed E-state index contributed by atoms with van der Waals surface area (Å²) in [6.07, 6.45) is 4.73. The quantitative estimate of drug-likeness (QED) is 0.833. The minimum Gasteiger partial charge on any atom is -0.481 e. The summed E-state index contributed by atoms with van der Waals surface area (Å²) in [5.41, 5.74) is -0.540. The van der Waals surface area contributed by atoms with Crippen LogP contribution >= 0.6 is 0 Å². The predicted molar refractivity (Wildman–Crippen MR) is 80.6 cm³/mol. The number of urea groups is 1. The molecule has 1 saturated heterocycles. The zero-order valence-electron chi connectivity index (χ0n) is 13.4. The van der Waals surface area contributed by atoms with Crippen LogP contribution in [0.15, 0.2) is 0 Å². The van der Waals surface area contributed by atoms with Crippen LogP contribution in [-0.4, -0.2) is 52.8 Å². The van der Waals surface area contributed by atoms with E-state index < -0.39 is 5.97 Å². The third-order valence-corrected chi connectivity index (χ3v) is 5.33. The second-order valence-electron chi connectivity index (χ2n) is 7.74. The molecule has 0 aromatic heterocycles. The first-order valence-corrected chi connectivity index (χ1v) is 8.24. The fraction of sp³-hybridized carbons (Fsp3) is 0.875. The average molecular weight is 310 g/mol. The maximum Gasteiger partial charge on any atom is 0.317 e. The molecular weight excluding hydrogens is 284 g/mol. The Morgan fingerprint density at radius 1 is 1.32 bits per heavy atom. The third kappa shape index (κ3) is 2.93. The van der Waals surface area contributed by atoms with Crippen molar-refractivity contribution in [2.75, 3.05) is 19.6 Å².